The number of aromatic nitrogens is 2. The Kier molecular flexibility index (Phi) is 5.43. The van der Waals surface area contributed by atoms with Crippen LogP contribution in [0.3, 0.4) is 0 Å². The van der Waals surface area contributed by atoms with E-state index >= 15 is 0 Å². The van der Waals surface area contributed by atoms with Gasteiger partial charge in [0.1, 0.15) is 18.6 Å². The number of hydrogen-bond acceptors (Lipinski definition) is 6. The SMILES string of the molecule is CC1=CC=CC2C3(C=CC12C)Cc1nc(OC[C@@]24CCCN2C[C@H](F)C4)nc2c1C(C3)OC[C@@H]1CCCCN21. The number of rotatable bonds is 3. The Balaban J connectivity index is 1.19. The van der Waals surface area contributed by atoms with Crippen LogP contribution < -0.4 is 9.64 Å². The molecule has 8 rings (SSSR count). The van der Waals surface area contributed by atoms with Gasteiger partial charge in [0.25, 0.3) is 0 Å². The van der Waals surface area contributed by atoms with Gasteiger partial charge >= 0.3 is 6.01 Å². The lowest BCUT2D eigenvalue weighted by molar-refractivity contribution is -0.00300. The fourth-order valence-corrected chi connectivity index (χ4v) is 9.30. The molecule has 1 aromatic heterocycles. The predicted octanol–water partition coefficient (Wildman–Crippen LogP) is 5.50. The van der Waals surface area contributed by atoms with Crippen molar-refractivity contribution < 1.29 is 13.9 Å². The third-order valence-corrected chi connectivity index (χ3v) is 11.5. The van der Waals surface area contributed by atoms with Crippen molar-refractivity contribution in [2.75, 3.05) is 37.7 Å². The number of fused-ring (bicyclic) bond motifs is 5. The first-order valence-corrected chi connectivity index (χ1v) is 15.3. The van der Waals surface area contributed by atoms with Crippen molar-refractivity contribution in [3.05, 3.63) is 47.2 Å². The molecule has 3 saturated heterocycles. The molecule has 0 amide bonds. The highest BCUT2D eigenvalue weighted by Gasteiger charge is 2.56. The van der Waals surface area contributed by atoms with Gasteiger partial charge < -0.3 is 14.4 Å². The van der Waals surface area contributed by atoms with Crippen LogP contribution in [0.15, 0.2) is 36.0 Å². The van der Waals surface area contributed by atoms with Gasteiger partial charge in [0.05, 0.1) is 30.0 Å². The lowest BCUT2D eigenvalue weighted by Crippen LogP contribution is -2.44. The van der Waals surface area contributed by atoms with Crippen LogP contribution in [0.1, 0.15) is 76.2 Å². The third-order valence-electron chi connectivity index (χ3n) is 11.5. The van der Waals surface area contributed by atoms with E-state index in [4.69, 9.17) is 19.4 Å². The Bertz CT molecular complexity index is 1280. The van der Waals surface area contributed by atoms with E-state index in [2.05, 4.69) is 54.0 Å². The molecule has 0 aromatic carbocycles. The van der Waals surface area contributed by atoms with Crippen LogP contribution in [0.2, 0.25) is 0 Å². The van der Waals surface area contributed by atoms with Crippen LogP contribution in [0.25, 0.3) is 0 Å². The maximum atomic E-state index is 14.4. The van der Waals surface area contributed by atoms with Crippen molar-refractivity contribution in [1.29, 1.82) is 0 Å². The summed E-state index contributed by atoms with van der Waals surface area (Å²) in [7, 11) is 0. The lowest BCUT2D eigenvalue weighted by atomic mass is 9.58. The van der Waals surface area contributed by atoms with E-state index < -0.39 is 6.17 Å². The van der Waals surface area contributed by atoms with E-state index in [0.717, 1.165) is 63.3 Å². The zero-order valence-electron chi connectivity index (χ0n) is 23.4. The quantitative estimate of drug-likeness (QED) is 0.479. The zero-order valence-corrected chi connectivity index (χ0v) is 23.4. The van der Waals surface area contributed by atoms with Crippen molar-refractivity contribution in [2.24, 2.45) is 16.7 Å². The molecule has 208 valence electrons. The first-order chi connectivity index (χ1) is 18.9. The van der Waals surface area contributed by atoms with E-state index in [-0.39, 0.29) is 22.5 Å². The van der Waals surface area contributed by atoms with E-state index in [1.54, 1.807) is 0 Å². The Morgan fingerprint density at radius 3 is 3.00 bits per heavy atom. The summed E-state index contributed by atoms with van der Waals surface area (Å²) in [6, 6.07) is 0.816. The maximum absolute atomic E-state index is 14.4. The molecular weight excluding hydrogens is 491 g/mol. The molecule has 7 heteroatoms. The minimum atomic E-state index is -0.764. The molecule has 4 aliphatic heterocycles. The highest BCUT2D eigenvalue weighted by atomic mass is 19.1. The Labute approximate surface area is 231 Å². The molecule has 5 heterocycles. The molecule has 0 radical (unpaired) electrons. The van der Waals surface area contributed by atoms with E-state index in [1.165, 1.54) is 24.0 Å². The summed E-state index contributed by atoms with van der Waals surface area (Å²) in [5.41, 5.74) is 3.47. The van der Waals surface area contributed by atoms with Crippen LogP contribution in [-0.4, -0.2) is 65.5 Å². The molecule has 1 aromatic rings. The molecule has 39 heavy (non-hydrogen) atoms. The highest BCUT2D eigenvalue weighted by molar-refractivity contribution is 5.56. The zero-order chi connectivity index (χ0) is 26.4. The van der Waals surface area contributed by atoms with Crippen LogP contribution in [0, 0.1) is 16.7 Å². The van der Waals surface area contributed by atoms with Gasteiger partial charge in [0.2, 0.25) is 0 Å². The molecule has 3 fully saturated rings. The molecule has 4 unspecified atom stereocenters. The second-order valence-corrected chi connectivity index (χ2v) is 13.7. The topological polar surface area (TPSA) is 50.7 Å². The summed E-state index contributed by atoms with van der Waals surface area (Å²) < 4.78 is 27.7. The number of anilines is 1. The van der Waals surface area contributed by atoms with Crippen LogP contribution >= 0.6 is 0 Å². The average Bonchev–Trinajstić information content (AvgIpc) is 3.51. The summed E-state index contributed by atoms with van der Waals surface area (Å²) in [5, 5.41) is 0. The monoisotopic (exact) mass is 532 g/mol. The van der Waals surface area contributed by atoms with E-state index in [0.29, 0.717) is 37.5 Å². The van der Waals surface area contributed by atoms with E-state index in [1.807, 2.05) is 0 Å². The number of ether oxygens (including phenoxy) is 2. The van der Waals surface area contributed by atoms with Crippen molar-refractivity contribution in [2.45, 2.75) is 89.1 Å². The third kappa shape index (κ3) is 3.57. The highest BCUT2D eigenvalue weighted by Crippen LogP contribution is 2.62. The number of halogens is 1. The fourth-order valence-electron chi connectivity index (χ4n) is 9.30. The van der Waals surface area contributed by atoms with Gasteiger partial charge in [0, 0.05) is 42.3 Å². The maximum Gasteiger partial charge on any atom is 0.318 e. The smallest absolute Gasteiger partial charge is 0.318 e. The van der Waals surface area contributed by atoms with Crippen molar-refractivity contribution in [1.82, 2.24) is 14.9 Å². The van der Waals surface area contributed by atoms with Crippen molar-refractivity contribution in [3.8, 4) is 6.01 Å². The second kappa shape index (κ2) is 8.62. The molecule has 0 N–H and O–H groups in total. The minimum absolute atomic E-state index is 0.0129. The fraction of sp³-hybridized carbons (Fsp3) is 0.688. The Hall–Kier alpha value is -2.25. The molecule has 7 atom stereocenters. The Morgan fingerprint density at radius 1 is 1.15 bits per heavy atom. The van der Waals surface area contributed by atoms with Crippen molar-refractivity contribution in [3.63, 3.8) is 0 Å². The molecule has 0 saturated carbocycles. The first-order valence-electron chi connectivity index (χ1n) is 15.3. The largest absolute Gasteiger partial charge is 0.461 e. The summed E-state index contributed by atoms with van der Waals surface area (Å²) >= 11 is 0. The minimum Gasteiger partial charge on any atom is -0.461 e. The summed E-state index contributed by atoms with van der Waals surface area (Å²) in [6.45, 7) is 8.35. The van der Waals surface area contributed by atoms with Gasteiger partial charge in [-0.05, 0) is 57.9 Å². The Morgan fingerprint density at radius 2 is 2.08 bits per heavy atom. The second-order valence-electron chi connectivity index (χ2n) is 13.7. The average molecular weight is 533 g/mol. The number of hydrogen-bond donors (Lipinski definition) is 0. The van der Waals surface area contributed by atoms with Crippen LogP contribution in [0.5, 0.6) is 6.01 Å². The van der Waals surface area contributed by atoms with Crippen LogP contribution in [0.4, 0.5) is 10.2 Å². The standard InChI is InChI=1S/C32H41FN4O2/c1-21-7-5-9-26-30(21,2)11-12-31(26)16-24-27-25(17-31)38-19-23-8-3-4-14-37(23)28(27)35-29(34-24)39-20-32-10-6-13-36(32)18-22(33)15-32/h5,7,9,11-12,22-23,25-26H,3-4,6,8,10,13-20H2,1-2H3/t22-,23+,25?,26?,30?,31?,32+/m1/s1. The normalized spacial score (nSPS) is 42.1. The number of nitrogens with zero attached hydrogens (tertiary/aromatic N) is 4. The van der Waals surface area contributed by atoms with Gasteiger partial charge in [-0.2, -0.15) is 9.97 Å². The van der Waals surface area contributed by atoms with Gasteiger partial charge in [-0.15, -0.1) is 0 Å². The molecular formula is C32H41FN4O2. The predicted molar refractivity (Wildman–Crippen MR) is 149 cm³/mol. The molecule has 3 aliphatic carbocycles. The van der Waals surface area contributed by atoms with Gasteiger partial charge in [-0.3, -0.25) is 4.90 Å². The van der Waals surface area contributed by atoms with Gasteiger partial charge in [0.15, 0.2) is 0 Å². The summed E-state index contributed by atoms with van der Waals surface area (Å²) in [4.78, 5) is 15.1. The summed E-state index contributed by atoms with van der Waals surface area (Å²) in [6.07, 6.45) is 19.1. The summed E-state index contributed by atoms with van der Waals surface area (Å²) in [5.74, 6) is 1.42. The van der Waals surface area contributed by atoms with Gasteiger partial charge in [-0.1, -0.05) is 42.9 Å². The lowest BCUT2D eigenvalue weighted by Gasteiger charge is -2.46. The molecule has 7 aliphatic rings. The van der Waals surface area contributed by atoms with E-state index in [9.17, 15) is 4.39 Å². The number of piperidine rings is 1. The number of alkyl halides is 1. The molecule has 6 nitrogen and oxygen atoms in total. The first kappa shape index (κ1) is 24.5. The molecule has 0 bridgehead atoms. The van der Waals surface area contributed by atoms with Gasteiger partial charge in [-0.25, -0.2) is 4.39 Å². The van der Waals surface area contributed by atoms with Crippen LogP contribution in [-0.2, 0) is 11.2 Å². The van der Waals surface area contributed by atoms with Crippen molar-refractivity contribution >= 4 is 5.82 Å². The molecule has 1 spiro atoms. The number of allylic oxidation sites excluding steroid dienone is 6.